The fourth-order valence-corrected chi connectivity index (χ4v) is 2.84. The molecule has 0 radical (unpaired) electrons. The van der Waals surface area contributed by atoms with E-state index in [4.69, 9.17) is 8.94 Å². The number of hydrogen-bond acceptors (Lipinski definition) is 5. The third-order valence-corrected chi connectivity index (χ3v) is 3.93. The van der Waals surface area contributed by atoms with E-state index >= 15 is 0 Å². The van der Waals surface area contributed by atoms with Crippen LogP contribution in [0, 0.1) is 0 Å². The summed E-state index contributed by atoms with van der Waals surface area (Å²) in [5, 5.41) is 5.07. The molecule has 116 valence electrons. The van der Waals surface area contributed by atoms with Gasteiger partial charge in [-0.25, -0.2) is 4.79 Å². The van der Waals surface area contributed by atoms with Gasteiger partial charge in [-0.1, -0.05) is 29.4 Å². The number of aromatic amines is 2. The SMILES string of the molecule is O=c1[nH]c2cccc(-c3nc(-c4c[nH]c5ccccc45)no3)c2o1. The zero-order valence-electron chi connectivity index (χ0n) is 12.2. The topological polar surface area (TPSA) is 101 Å². The third-order valence-electron chi connectivity index (χ3n) is 3.93. The molecule has 7 heteroatoms. The summed E-state index contributed by atoms with van der Waals surface area (Å²) >= 11 is 0. The van der Waals surface area contributed by atoms with Crippen LogP contribution in [0.4, 0.5) is 0 Å². The molecule has 3 aromatic heterocycles. The Kier molecular flexibility index (Phi) is 2.52. The van der Waals surface area contributed by atoms with Gasteiger partial charge < -0.3 is 13.9 Å². The smallest absolute Gasteiger partial charge is 0.407 e. The Labute approximate surface area is 133 Å². The number of oxazole rings is 1. The van der Waals surface area contributed by atoms with Gasteiger partial charge in [0, 0.05) is 22.7 Å². The third kappa shape index (κ3) is 1.81. The predicted octanol–water partition coefficient (Wildman–Crippen LogP) is 3.32. The van der Waals surface area contributed by atoms with Gasteiger partial charge in [-0.15, -0.1) is 0 Å². The number of benzene rings is 2. The lowest BCUT2D eigenvalue weighted by atomic mass is 10.1. The van der Waals surface area contributed by atoms with Gasteiger partial charge in [0.25, 0.3) is 5.89 Å². The van der Waals surface area contributed by atoms with E-state index in [2.05, 4.69) is 20.1 Å². The molecule has 2 N–H and O–H groups in total. The van der Waals surface area contributed by atoms with E-state index < -0.39 is 5.76 Å². The van der Waals surface area contributed by atoms with Gasteiger partial charge in [-0.05, 0) is 18.2 Å². The first kappa shape index (κ1) is 12.9. The van der Waals surface area contributed by atoms with E-state index in [1.54, 1.807) is 18.2 Å². The summed E-state index contributed by atoms with van der Waals surface area (Å²) in [4.78, 5) is 21.7. The van der Waals surface area contributed by atoms with E-state index in [0.717, 1.165) is 16.5 Å². The van der Waals surface area contributed by atoms with Crippen LogP contribution in [0.2, 0.25) is 0 Å². The van der Waals surface area contributed by atoms with Gasteiger partial charge in [0.1, 0.15) is 0 Å². The molecular weight excluding hydrogens is 308 g/mol. The van der Waals surface area contributed by atoms with Crippen LogP contribution in [-0.4, -0.2) is 20.1 Å². The maximum Gasteiger partial charge on any atom is 0.417 e. The molecule has 24 heavy (non-hydrogen) atoms. The van der Waals surface area contributed by atoms with Crippen LogP contribution in [0.5, 0.6) is 0 Å². The van der Waals surface area contributed by atoms with Crippen LogP contribution >= 0.6 is 0 Å². The Morgan fingerprint density at radius 2 is 1.83 bits per heavy atom. The molecule has 0 aliphatic carbocycles. The Bertz CT molecular complexity index is 1240. The Morgan fingerprint density at radius 1 is 0.958 bits per heavy atom. The van der Waals surface area contributed by atoms with E-state index in [0.29, 0.717) is 28.4 Å². The van der Waals surface area contributed by atoms with Crippen molar-refractivity contribution >= 4 is 22.0 Å². The van der Waals surface area contributed by atoms with E-state index in [9.17, 15) is 4.79 Å². The molecular formula is C17H10N4O3. The van der Waals surface area contributed by atoms with E-state index in [-0.39, 0.29) is 0 Å². The molecule has 0 aliphatic heterocycles. The van der Waals surface area contributed by atoms with Gasteiger partial charge in [0.2, 0.25) is 5.82 Å². The molecule has 3 heterocycles. The van der Waals surface area contributed by atoms with Crippen molar-refractivity contribution in [3.05, 3.63) is 59.2 Å². The monoisotopic (exact) mass is 318 g/mol. The highest BCUT2D eigenvalue weighted by atomic mass is 16.5. The number of aromatic nitrogens is 4. The highest BCUT2D eigenvalue weighted by Crippen LogP contribution is 2.30. The van der Waals surface area contributed by atoms with Crippen molar-refractivity contribution in [3.63, 3.8) is 0 Å². The largest absolute Gasteiger partial charge is 0.417 e. The zero-order valence-corrected chi connectivity index (χ0v) is 12.2. The fraction of sp³-hybridized carbons (Fsp3) is 0. The molecule has 2 aromatic carbocycles. The maximum absolute atomic E-state index is 11.4. The molecule has 5 rings (SSSR count). The summed E-state index contributed by atoms with van der Waals surface area (Å²) in [5.41, 5.74) is 3.41. The highest BCUT2D eigenvalue weighted by Gasteiger charge is 2.17. The van der Waals surface area contributed by atoms with Gasteiger partial charge >= 0.3 is 5.76 Å². The van der Waals surface area contributed by atoms with Crippen molar-refractivity contribution in [1.29, 1.82) is 0 Å². The summed E-state index contributed by atoms with van der Waals surface area (Å²) in [5.74, 6) is 0.245. The van der Waals surface area contributed by atoms with Crippen LogP contribution in [0.3, 0.4) is 0 Å². The van der Waals surface area contributed by atoms with Crippen LogP contribution in [0.1, 0.15) is 0 Å². The molecule has 0 saturated carbocycles. The number of nitrogens with one attached hydrogen (secondary N) is 2. The quantitative estimate of drug-likeness (QED) is 0.520. The summed E-state index contributed by atoms with van der Waals surface area (Å²) in [6.45, 7) is 0. The molecule has 0 bridgehead atoms. The minimum Gasteiger partial charge on any atom is -0.407 e. The van der Waals surface area contributed by atoms with Crippen LogP contribution < -0.4 is 5.76 Å². The summed E-state index contributed by atoms with van der Waals surface area (Å²) in [6, 6.07) is 13.2. The van der Waals surface area contributed by atoms with Crippen LogP contribution in [-0.2, 0) is 0 Å². The second-order valence-electron chi connectivity index (χ2n) is 5.37. The molecule has 0 atom stereocenters. The Balaban J connectivity index is 1.68. The Hall–Kier alpha value is -3.61. The minimum atomic E-state index is -0.520. The first-order chi connectivity index (χ1) is 11.8. The molecule has 0 unspecified atom stereocenters. The zero-order chi connectivity index (χ0) is 16.1. The second-order valence-corrected chi connectivity index (χ2v) is 5.37. The van der Waals surface area contributed by atoms with Gasteiger partial charge in [0.15, 0.2) is 5.58 Å². The number of fused-ring (bicyclic) bond motifs is 2. The van der Waals surface area contributed by atoms with Gasteiger partial charge in [-0.2, -0.15) is 4.98 Å². The summed E-state index contributed by atoms with van der Waals surface area (Å²) in [6.07, 6.45) is 1.84. The van der Waals surface area contributed by atoms with Crippen molar-refractivity contribution in [3.8, 4) is 22.8 Å². The van der Waals surface area contributed by atoms with Crippen molar-refractivity contribution in [1.82, 2.24) is 20.1 Å². The molecule has 0 amide bonds. The molecule has 0 saturated heterocycles. The lowest BCUT2D eigenvalue weighted by molar-refractivity contribution is 0.431. The standard InChI is InChI=1S/C17H10N4O3/c22-17-19-13-7-3-5-10(14(13)23-17)16-20-15(21-24-16)11-8-18-12-6-2-1-4-9(11)12/h1-8,18H,(H,19,22). The lowest BCUT2D eigenvalue weighted by Crippen LogP contribution is -1.92. The first-order valence-electron chi connectivity index (χ1n) is 7.32. The van der Waals surface area contributed by atoms with Crippen LogP contribution in [0.25, 0.3) is 44.8 Å². The average molecular weight is 318 g/mol. The van der Waals surface area contributed by atoms with Gasteiger partial charge in [-0.3, -0.25) is 4.98 Å². The minimum absolute atomic E-state index is 0.295. The predicted molar refractivity (Wildman–Crippen MR) is 87.4 cm³/mol. The van der Waals surface area contributed by atoms with E-state index in [1.807, 2.05) is 30.5 Å². The number of para-hydroxylation sites is 2. The van der Waals surface area contributed by atoms with Crippen molar-refractivity contribution < 1.29 is 8.94 Å². The van der Waals surface area contributed by atoms with Crippen molar-refractivity contribution in [2.24, 2.45) is 0 Å². The first-order valence-corrected chi connectivity index (χ1v) is 7.32. The average Bonchev–Trinajstić information content (AvgIpc) is 3.30. The molecule has 7 nitrogen and oxygen atoms in total. The molecule has 0 spiro atoms. The summed E-state index contributed by atoms with van der Waals surface area (Å²) in [7, 11) is 0. The lowest BCUT2D eigenvalue weighted by Gasteiger charge is -1.94. The molecule has 0 aliphatic rings. The number of nitrogens with zero attached hydrogens (tertiary/aromatic N) is 2. The second kappa shape index (κ2) is 4.69. The van der Waals surface area contributed by atoms with Crippen LogP contribution in [0.15, 0.2) is 62.4 Å². The number of H-pyrrole nitrogens is 2. The maximum atomic E-state index is 11.4. The van der Waals surface area contributed by atoms with Gasteiger partial charge in [0.05, 0.1) is 11.1 Å². The number of hydrogen-bond donors (Lipinski definition) is 2. The van der Waals surface area contributed by atoms with E-state index in [1.165, 1.54) is 0 Å². The Morgan fingerprint density at radius 3 is 2.79 bits per heavy atom. The van der Waals surface area contributed by atoms with Crippen molar-refractivity contribution in [2.75, 3.05) is 0 Å². The van der Waals surface area contributed by atoms with Crippen molar-refractivity contribution in [2.45, 2.75) is 0 Å². The number of rotatable bonds is 2. The molecule has 5 aromatic rings. The normalized spacial score (nSPS) is 11.5. The fourth-order valence-electron chi connectivity index (χ4n) is 2.84. The molecule has 0 fully saturated rings. The summed E-state index contributed by atoms with van der Waals surface area (Å²) < 4.78 is 10.6. The highest BCUT2D eigenvalue weighted by molar-refractivity contribution is 5.94.